The summed E-state index contributed by atoms with van der Waals surface area (Å²) in [7, 11) is 3.67. The molecule has 6 nitrogen and oxygen atoms in total. The summed E-state index contributed by atoms with van der Waals surface area (Å²) in [6.45, 7) is 13.2. The summed E-state index contributed by atoms with van der Waals surface area (Å²) in [5.41, 5.74) is 5.21. The molecular weight excluding hydrogens is 412 g/mol. The minimum absolute atomic E-state index is 0.110. The van der Waals surface area contributed by atoms with Crippen molar-refractivity contribution >= 4 is 11.6 Å². The Morgan fingerprint density at radius 1 is 1.15 bits per heavy atom. The monoisotopic (exact) mass is 452 g/mol. The lowest BCUT2D eigenvalue weighted by molar-refractivity contribution is 0.0635. The number of pyridine rings is 1. The van der Waals surface area contributed by atoms with Gasteiger partial charge in [0.2, 0.25) is 0 Å². The van der Waals surface area contributed by atoms with Gasteiger partial charge in [0.25, 0.3) is 5.91 Å². The summed E-state index contributed by atoms with van der Waals surface area (Å²) in [6.07, 6.45) is 4.96. The van der Waals surface area contributed by atoms with Crippen molar-refractivity contribution in [3.05, 3.63) is 52.8 Å². The summed E-state index contributed by atoms with van der Waals surface area (Å²) in [5.74, 6) is 1.04. The number of anilines is 1. The van der Waals surface area contributed by atoms with Gasteiger partial charge in [0.05, 0.1) is 12.8 Å². The highest BCUT2D eigenvalue weighted by molar-refractivity contribution is 5.94. The molecule has 2 heterocycles. The fourth-order valence-electron chi connectivity index (χ4n) is 4.83. The van der Waals surface area contributed by atoms with Crippen molar-refractivity contribution in [3.8, 4) is 5.75 Å². The maximum absolute atomic E-state index is 13.1. The number of rotatable bonds is 9. The van der Waals surface area contributed by atoms with Gasteiger partial charge in [-0.2, -0.15) is 0 Å². The fourth-order valence-corrected chi connectivity index (χ4v) is 4.83. The zero-order valence-electron chi connectivity index (χ0n) is 21.2. The number of piperidine rings is 1. The molecular formula is C27H40N4O2. The molecule has 1 aromatic carbocycles. The van der Waals surface area contributed by atoms with Crippen LogP contribution >= 0.6 is 0 Å². The molecule has 3 rings (SSSR count). The smallest absolute Gasteiger partial charge is 0.253 e. The van der Waals surface area contributed by atoms with Crippen molar-refractivity contribution in [1.29, 1.82) is 0 Å². The molecule has 1 aliphatic heterocycles. The molecule has 1 saturated heterocycles. The minimum Gasteiger partial charge on any atom is -0.496 e. The van der Waals surface area contributed by atoms with Gasteiger partial charge in [0, 0.05) is 74.4 Å². The summed E-state index contributed by atoms with van der Waals surface area (Å²) >= 11 is 0. The second-order valence-electron chi connectivity index (χ2n) is 9.10. The van der Waals surface area contributed by atoms with Crippen molar-refractivity contribution in [3.63, 3.8) is 0 Å². The van der Waals surface area contributed by atoms with Crippen molar-refractivity contribution in [2.75, 3.05) is 45.2 Å². The number of likely N-dealkylation sites (tertiary alicyclic amines) is 1. The van der Waals surface area contributed by atoms with Crippen molar-refractivity contribution in [2.45, 2.75) is 59.5 Å². The summed E-state index contributed by atoms with van der Waals surface area (Å²) < 4.78 is 5.56. The Morgan fingerprint density at radius 2 is 1.82 bits per heavy atom. The maximum atomic E-state index is 13.1. The standard InChI is InChI=1S/C27H40N4O2/c1-7-15-31(8-2)24-11-9-22(10-12-24)27(32)29(5)23-13-16-30(17-14-23)19-25-21(4)26(33-6)20(3)18-28-25/h9-12,18,23H,7-8,13-17,19H2,1-6H3. The number of carbonyl (C=O) groups is 1. The highest BCUT2D eigenvalue weighted by atomic mass is 16.5. The summed E-state index contributed by atoms with van der Waals surface area (Å²) in [5, 5.41) is 0. The first-order chi connectivity index (χ1) is 15.9. The average molecular weight is 453 g/mol. The van der Waals surface area contributed by atoms with Gasteiger partial charge < -0.3 is 14.5 Å². The Balaban J connectivity index is 1.57. The number of aryl methyl sites for hydroxylation is 1. The molecule has 0 saturated carbocycles. The summed E-state index contributed by atoms with van der Waals surface area (Å²) in [4.78, 5) is 24.5. The van der Waals surface area contributed by atoms with Crippen LogP contribution in [-0.4, -0.2) is 67.1 Å². The second kappa shape index (κ2) is 11.5. The van der Waals surface area contributed by atoms with Gasteiger partial charge in [-0.05, 0) is 64.3 Å². The first-order valence-corrected chi connectivity index (χ1v) is 12.2. The number of methoxy groups -OCH3 is 1. The topological polar surface area (TPSA) is 48.9 Å². The number of aromatic nitrogens is 1. The van der Waals surface area contributed by atoms with Crippen molar-refractivity contribution < 1.29 is 9.53 Å². The largest absolute Gasteiger partial charge is 0.496 e. The van der Waals surface area contributed by atoms with E-state index in [0.717, 1.165) is 80.1 Å². The Bertz CT molecular complexity index is 920. The van der Waals surface area contributed by atoms with Crippen LogP contribution in [0.5, 0.6) is 5.75 Å². The van der Waals surface area contributed by atoms with Gasteiger partial charge in [-0.25, -0.2) is 0 Å². The van der Waals surface area contributed by atoms with E-state index >= 15 is 0 Å². The van der Waals surface area contributed by atoms with E-state index in [-0.39, 0.29) is 11.9 Å². The Kier molecular flexibility index (Phi) is 8.73. The number of hydrogen-bond donors (Lipinski definition) is 0. The maximum Gasteiger partial charge on any atom is 0.253 e. The third-order valence-electron chi connectivity index (χ3n) is 6.90. The van der Waals surface area contributed by atoms with Crippen LogP contribution in [0.2, 0.25) is 0 Å². The van der Waals surface area contributed by atoms with Crippen molar-refractivity contribution in [2.24, 2.45) is 0 Å². The van der Waals surface area contributed by atoms with E-state index in [4.69, 9.17) is 4.74 Å². The quantitative estimate of drug-likeness (QED) is 0.553. The molecule has 1 amide bonds. The third kappa shape index (κ3) is 5.85. The van der Waals surface area contributed by atoms with Gasteiger partial charge in [0.1, 0.15) is 5.75 Å². The molecule has 1 fully saturated rings. The van der Waals surface area contributed by atoms with E-state index in [1.165, 1.54) is 5.69 Å². The Labute approximate surface area is 199 Å². The first kappa shape index (κ1) is 25.0. The number of benzene rings is 1. The van der Waals surface area contributed by atoms with Gasteiger partial charge >= 0.3 is 0 Å². The lowest BCUT2D eigenvalue weighted by Gasteiger charge is -2.37. The molecule has 33 heavy (non-hydrogen) atoms. The molecule has 0 aliphatic carbocycles. The molecule has 0 N–H and O–H groups in total. The number of carbonyl (C=O) groups excluding carboxylic acids is 1. The van der Waals surface area contributed by atoms with E-state index in [1.54, 1.807) is 7.11 Å². The molecule has 0 bridgehead atoms. The number of amides is 1. The van der Waals surface area contributed by atoms with Crippen LogP contribution in [0.25, 0.3) is 0 Å². The van der Waals surface area contributed by atoms with Crippen LogP contribution in [0, 0.1) is 13.8 Å². The zero-order valence-corrected chi connectivity index (χ0v) is 21.2. The van der Waals surface area contributed by atoms with Crippen LogP contribution in [-0.2, 0) is 6.54 Å². The van der Waals surface area contributed by atoms with E-state index in [9.17, 15) is 4.79 Å². The predicted octanol–water partition coefficient (Wildman–Crippen LogP) is 4.68. The highest BCUT2D eigenvalue weighted by Gasteiger charge is 2.26. The minimum atomic E-state index is 0.110. The molecule has 2 aromatic rings. The van der Waals surface area contributed by atoms with E-state index in [2.05, 4.69) is 47.7 Å². The lowest BCUT2D eigenvalue weighted by Crippen LogP contribution is -2.45. The average Bonchev–Trinajstić information content (AvgIpc) is 2.84. The van der Waals surface area contributed by atoms with Crippen LogP contribution in [0.4, 0.5) is 5.69 Å². The number of nitrogens with zero attached hydrogens (tertiary/aromatic N) is 4. The predicted molar refractivity (Wildman–Crippen MR) is 135 cm³/mol. The molecule has 0 radical (unpaired) electrons. The first-order valence-electron chi connectivity index (χ1n) is 12.2. The zero-order chi connectivity index (χ0) is 24.0. The molecule has 0 spiro atoms. The Hall–Kier alpha value is -2.60. The highest BCUT2D eigenvalue weighted by Crippen LogP contribution is 2.26. The van der Waals surface area contributed by atoms with E-state index in [1.807, 2.05) is 37.2 Å². The second-order valence-corrected chi connectivity index (χ2v) is 9.10. The van der Waals surface area contributed by atoms with E-state index < -0.39 is 0 Å². The molecule has 1 aromatic heterocycles. The van der Waals surface area contributed by atoms with Gasteiger partial charge in [-0.1, -0.05) is 6.92 Å². The van der Waals surface area contributed by atoms with Gasteiger partial charge in [0.15, 0.2) is 0 Å². The SMILES string of the molecule is CCCN(CC)c1ccc(C(=O)N(C)C2CCN(Cc3ncc(C)c(OC)c3C)CC2)cc1. The third-order valence-corrected chi connectivity index (χ3v) is 6.90. The Morgan fingerprint density at radius 3 is 2.39 bits per heavy atom. The van der Waals surface area contributed by atoms with Gasteiger partial charge in [-0.15, -0.1) is 0 Å². The molecule has 180 valence electrons. The normalized spacial score (nSPS) is 14.8. The van der Waals surface area contributed by atoms with Crippen LogP contribution in [0.3, 0.4) is 0 Å². The number of ether oxygens (including phenoxy) is 1. The summed E-state index contributed by atoms with van der Waals surface area (Å²) in [6, 6.07) is 8.37. The molecule has 1 aliphatic rings. The van der Waals surface area contributed by atoms with Gasteiger partial charge in [-0.3, -0.25) is 14.7 Å². The van der Waals surface area contributed by atoms with E-state index in [0.29, 0.717) is 0 Å². The van der Waals surface area contributed by atoms with Crippen LogP contribution < -0.4 is 9.64 Å². The molecule has 0 unspecified atom stereocenters. The fraction of sp³-hybridized carbons (Fsp3) is 0.556. The van der Waals surface area contributed by atoms with Crippen LogP contribution in [0.15, 0.2) is 30.5 Å². The lowest BCUT2D eigenvalue weighted by atomic mass is 10.0. The number of hydrogen-bond acceptors (Lipinski definition) is 5. The van der Waals surface area contributed by atoms with Crippen molar-refractivity contribution in [1.82, 2.24) is 14.8 Å². The molecule has 0 atom stereocenters. The molecule has 6 heteroatoms. The van der Waals surface area contributed by atoms with Crippen LogP contribution in [0.1, 0.15) is 60.3 Å².